The van der Waals surface area contributed by atoms with Gasteiger partial charge in [0.2, 0.25) is 0 Å². The van der Waals surface area contributed by atoms with E-state index in [-0.39, 0.29) is 0 Å². The Morgan fingerprint density at radius 1 is 0.947 bits per heavy atom. The van der Waals surface area contributed by atoms with Gasteiger partial charge in [-0.15, -0.1) is 0 Å². The van der Waals surface area contributed by atoms with Crippen molar-refractivity contribution in [2.75, 3.05) is 13.1 Å². The molecule has 0 aromatic heterocycles. The first-order valence-electron chi connectivity index (χ1n) is 7.47. The SMILES string of the molecule is Brc1ccc(OC2CCN(C3CCCC3)CC2)cc1. The van der Waals surface area contributed by atoms with Gasteiger partial charge in [-0.3, -0.25) is 0 Å². The number of nitrogens with zero attached hydrogens (tertiary/aromatic N) is 1. The van der Waals surface area contributed by atoms with Gasteiger partial charge in [-0.1, -0.05) is 28.8 Å². The van der Waals surface area contributed by atoms with Crippen LogP contribution in [0.3, 0.4) is 0 Å². The van der Waals surface area contributed by atoms with Crippen LogP contribution in [-0.2, 0) is 0 Å². The van der Waals surface area contributed by atoms with Crippen LogP contribution in [0.1, 0.15) is 38.5 Å². The predicted octanol–water partition coefficient (Wildman–Crippen LogP) is 4.23. The lowest BCUT2D eigenvalue weighted by molar-refractivity contribution is 0.0768. The van der Waals surface area contributed by atoms with Crippen LogP contribution in [-0.4, -0.2) is 30.1 Å². The molecule has 0 amide bonds. The van der Waals surface area contributed by atoms with Crippen molar-refractivity contribution in [1.29, 1.82) is 0 Å². The molecule has 0 radical (unpaired) electrons. The first-order chi connectivity index (χ1) is 9.31. The molecular weight excluding hydrogens is 302 g/mol. The first-order valence-corrected chi connectivity index (χ1v) is 8.27. The van der Waals surface area contributed by atoms with Gasteiger partial charge in [0.05, 0.1) is 0 Å². The largest absolute Gasteiger partial charge is 0.490 e. The van der Waals surface area contributed by atoms with Gasteiger partial charge in [0.15, 0.2) is 0 Å². The molecule has 3 heteroatoms. The normalized spacial score (nSPS) is 22.8. The Labute approximate surface area is 124 Å². The summed E-state index contributed by atoms with van der Waals surface area (Å²) in [5.74, 6) is 1.00. The Bertz CT molecular complexity index is 392. The topological polar surface area (TPSA) is 12.5 Å². The van der Waals surface area contributed by atoms with Crippen molar-refractivity contribution < 1.29 is 4.74 Å². The zero-order valence-electron chi connectivity index (χ0n) is 11.4. The summed E-state index contributed by atoms with van der Waals surface area (Å²) >= 11 is 3.45. The highest BCUT2D eigenvalue weighted by atomic mass is 79.9. The highest BCUT2D eigenvalue weighted by molar-refractivity contribution is 9.10. The number of rotatable bonds is 3. The van der Waals surface area contributed by atoms with E-state index in [9.17, 15) is 0 Å². The zero-order chi connectivity index (χ0) is 13.1. The summed E-state index contributed by atoms with van der Waals surface area (Å²) in [5, 5.41) is 0. The number of likely N-dealkylation sites (tertiary alicyclic amines) is 1. The quantitative estimate of drug-likeness (QED) is 0.825. The minimum absolute atomic E-state index is 0.402. The van der Waals surface area contributed by atoms with E-state index in [1.54, 1.807) is 0 Å². The van der Waals surface area contributed by atoms with Gasteiger partial charge < -0.3 is 9.64 Å². The maximum atomic E-state index is 6.07. The highest BCUT2D eigenvalue weighted by Crippen LogP contribution is 2.27. The molecule has 0 bridgehead atoms. The maximum absolute atomic E-state index is 6.07. The predicted molar refractivity (Wildman–Crippen MR) is 81.6 cm³/mol. The van der Waals surface area contributed by atoms with E-state index in [0.29, 0.717) is 6.10 Å². The van der Waals surface area contributed by atoms with Gasteiger partial charge in [0, 0.05) is 23.6 Å². The van der Waals surface area contributed by atoms with Crippen molar-refractivity contribution in [2.45, 2.75) is 50.7 Å². The molecule has 2 nitrogen and oxygen atoms in total. The molecule has 1 saturated carbocycles. The lowest BCUT2D eigenvalue weighted by Gasteiger charge is -2.36. The van der Waals surface area contributed by atoms with Crippen LogP contribution in [0.15, 0.2) is 28.7 Å². The first kappa shape index (κ1) is 13.4. The molecule has 19 heavy (non-hydrogen) atoms. The summed E-state index contributed by atoms with van der Waals surface area (Å²) in [4.78, 5) is 2.69. The molecule has 2 fully saturated rings. The summed E-state index contributed by atoms with van der Waals surface area (Å²) in [6.07, 6.45) is 8.44. The van der Waals surface area contributed by atoms with E-state index in [0.717, 1.165) is 16.3 Å². The van der Waals surface area contributed by atoms with E-state index in [4.69, 9.17) is 4.74 Å². The third kappa shape index (κ3) is 3.51. The number of ether oxygens (including phenoxy) is 1. The average Bonchev–Trinajstić information content (AvgIpc) is 2.96. The van der Waals surface area contributed by atoms with Crippen LogP contribution in [0.5, 0.6) is 5.75 Å². The summed E-state index contributed by atoms with van der Waals surface area (Å²) < 4.78 is 7.18. The lowest BCUT2D eigenvalue weighted by Crippen LogP contribution is -2.43. The third-order valence-corrected chi connectivity index (χ3v) is 4.96. The molecule has 1 aliphatic heterocycles. The van der Waals surface area contributed by atoms with Crippen molar-refractivity contribution >= 4 is 15.9 Å². The Morgan fingerprint density at radius 3 is 2.21 bits per heavy atom. The third-order valence-electron chi connectivity index (χ3n) is 4.43. The fourth-order valence-corrected chi connectivity index (χ4v) is 3.60. The summed E-state index contributed by atoms with van der Waals surface area (Å²) in [6.45, 7) is 2.43. The molecule has 1 aromatic rings. The van der Waals surface area contributed by atoms with E-state index in [2.05, 4.69) is 20.8 Å². The summed E-state index contributed by atoms with van der Waals surface area (Å²) in [5.41, 5.74) is 0. The van der Waals surface area contributed by atoms with Crippen LogP contribution < -0.4 is 4.74 Å². The van der Waals surface area contributed by atoms with Crippen molar-refractivity contribution in [1.82, 2.24) is 4.90 Å². The molecule has 0 N–H and O–H groups in total. The lowest BCUT2D eigenvalue weighted by atomic mass is 10.0. The number of piperidine rings is 1. The van der Waals surface area contributed by atoms with Gasteiger partial charge >= 0.3 is 0 Å². The van der Waals surface area contributed by atoms with E-state index >= 15 is 0 Å². The molecule has 0 spiro atoms. The Hall–Kier alpha value is -0.540. The molecule has 1 saturated heterocycles. The fourth-order valence-electron chi connectivity index (χ4n) is 3.33. The van der Waals surface area contributed by atoms with Crippen LogP contribution in [0, 0.1) is 0 Å². The average molecular weight is 324 g/mol. The van der Waals surface area contributed by atoms with Gasteiger partial charge in [0.1, 0.15) is 11.9 Å². The minimum Gasteiger partial charge on any atom is -0.490 e. The number of benzene rings is 1. The minimum atomic E-state index is 0.402. The van der Waals surface area contributed by atoms with Crippen molar-refractivity contribution in [3.05, 3.63) is 28.7 Å². The Balaban J connectivity index is 1.48. The van der Waals surface area contributed by atoms with Gasteiger partial charge in [-0.2, -0.15) is 0 Å². The zero-order valence-corrected chi connectivity index (χ0v) is 12.9. The van der Waals surface area contributed by atoms with Crippen molar-refractivity contribution in [2.24, 2.45) is 0 Å². The molecule has 104 valence electrons. The number of hydrogen-bond acceptors (Lipinski definition) is 2. The molecule has 0 unspecified atom stereocenters. The second-order valence-corrected chi connectivity index (χ2v) is 6.66. The molecular formula is C16H22BrNO. The Kier molecular flexibility index (Phi) is 4.44. The molecule has 2 aliphatic rings. The van der Waals surface area contributed by atoms with Crippen LogP contribution in [0.2, 0.25) is 0 Å². The molecule has 3 rings (SSSR count). The van der Waals surface area contributed by atoms with E-state index in [1.807, 2.05) is 24.3 Å². The summed E-state index contributed by atoms with van der Waals surface area (Å²) in [7, 11) is 0. The molecule has 1 aromatic carbocycles. The molecule has 1 aliphatic carbocycles. The second-order valence-electron chi connectivity index (χ2n) is 5.75. The van der Waals surface area contributed by atoms with Gasteiger partial charge in [-0.25, -0.2) is 0 Å². The maximum Gasteiger partial charge on any atom is 0.119 e. The number of halogens is 1. The van der Waals surface area contributed by atoms with E-state index < -0.39 is 0 Å². The fraction of sp³-hybridized carbons (Fsp3) is 0.625. The van der Waals surface area contributed by atoms with Crippen LogP contribution in [0.4, 0.5) is 0 Å². The van der Waals surface area contributed by atoms with Crippen molar-refractivity contribution in [3.8, 4) is 5.75 Å². The smallest absolute Gasteiger partial charge is 0.119 e. The van der Waals surface area contributed by atoms with Crippen LogP contribution in [0.25, 0.3) is 0 Å². The number of hydrogen-bond donors (Lipinski definition) is 0. The molecule has 1 heterocycles. The second kappa shape index (κ2) is 6.27. The van der Waals surface area contributed by atoms with Crippen LogP contribution >= 0.6 is 15.9 Å². The van der Waals surface area contributed by atoms with Crippen molar-refractivity contribution in [3.63, 3.8) is 0 Å². The summed E-state index contributed by atoms with van der Waals surface area (Å²) in [6, 6.07) is 9.06. The highest BCUT2D eigenvalue weighted by Gasteiger charge is 2.27. The van der Waals surface area contributed by atoms with Gasteiger partial charge in [-0.05, 0) is 49.9 Å². The molecule has 0 atom stereocenters. The monoisotopic (exact) mass is 323 g/mol. The van der Waals surface area contributed by atoms with E-state index in [1.165, 1.54) is 51.6 Å². The Morgan fingerprint density at radius 2 is 1.58 bits per heavy atom. The van der Waals surface area contributed by atoms with Gasteiger partial charge in [0.25, 0.3) is 0 Å². The standard InChI is InChI=1S/C16H22BrNO/c17-13-5-7-15(8-6-13)19-16-9-11-18(12-10-16)14-3-1-2-4-14/h5-8,14,16H,1-4,9-12H2.